The van der Waals surface area contributed by atoms with Gasteiger partial charge < -0.3 is 15.5 Å². The number of benzene rings is 1. The summed E-state index contributed by atoms with van der Waals surface area (Å²) in [6, 6.07) is 10.1. The largest absolute Gasteiger partial charge is 0.313 e. The van der Waals surface area contributed by atoms with Crippen LogP contribution >= 0.6 is 0 Å². The maximum atomic E-state index is 3.96. The molecular formula is C17H27N3. The highest BCUT2D eigenvalue weighted by Gasteiger charge is 2.27. The second-order valence-corrected chi connectivity index (χ2v) is 6.52. The van der Waals surface area contributed by atoms with Crippen molar-refractivity contribution in [3.8, 4) is 0 Å². The molecule has 3 nitrogen and oxygen atoms in total. The Balaban J connectivity index is 1.73. The van der Waals surface area contributed by atoms with Crippen LogP contribution in [-0.4, -0.2) is 37.6 Å². The first-order valence-electron chi connectivity index (χ1n) is 7.97. The van der Waals surface area contributed by atoms with E-state index in [1.165, 1.54) is 37.1 Å². The van der Waals surface area contributed by atoms with Crippen molar-refractivity contribution in [2.24, 2.45) is 5.92 Å². The number of nitrogens with zero attached hydrogens (tertiary/aromatic N) is 1. The first-order valence-corrected chi connectivity index (χ1v) is 7.97. The van der Waals surface area contributed by atoms with Crippen LogP contribution in [0.5, 0.6) is 0 Å². The van der Waals surface area contributed by atoms with Crippen LogP contribution in [0.3, 0.4) is 0 Å². The third-order valence-electron chi connectivity index (χ3n) is 4.88. The van der Waals surface area contributed by atoms with Crippen molar-refractivity contribution in [3.63, 3.8) is 0 Å². The quantitative estimate of drug-likeness (QED) is 0.864. The molecule has 0 amide bonds. The maximum absolute atomic E-state index is 3.96. The summed E-state index contributed by atoms with van der Waals surface area (Å²) in [5.74, 6) is 0.733. The van der Waals surface area contributed by atoms with Gasteiger partial charge in [0.2, 0.25) is 0 Å². The van der Waals surface area contributed by atoms with Gasteiger partial charge in [-0.25, -0.2) is 0 Å². The molecule has 0 radical (unpaired) electrons. The molecule has 1 aromatic rings. The molecular weight excluding hydrogens is 246 g/mol. The molecule has 2 aliphatic rings. The van der Waals surface area contributed by atoms with Crippen molar-refractivity contribution in [2.45, 2.75) is 38.4 Å². The molecule has 3 heteroatoms. The van der Waals surface area contributed by atoms with Gasteiger partial charge in [0.1, 0.15) is 0 Å². The van der Waals surface area contributed by atoms with Gasteiger partial charge in [0, 0.05) is 25.2 Å². The SMILES string of the molecule is CC1CN(C)CCC1NC1CCNCc2ccccc21. The van der Waals surface area contributed by atoms with Gasteiger partial charge in [-0.05, 0) is 50.0 Å². The zero-order valence-electron chi connectivity index (χ0n) is 12.7. The second kappa shape index (κ2) is 6.25. The second-order valence-electron chi connectivity index (χ2n) is 6.52. The van der Waals surface area contributed by atoms with Crippen LogP contribution in [-0.2, 0) is 6.54 Å². The molecule has 2 heterocycles. The Morgan fingerprint density at radius 1 is 1.25 bits per heavy atom. The number of hydrogen-bond donors (Lipinski definition) is 2. The van der Waals surface area contributed by atoms with Crippen molar-refractivity contribution < 1.29 is 0 Å². The number of likely N-dealkylation sites (tertiary alicyclic amines) is 1. The molecule has 0 aliphatic carbocycles. The van der Waals surface area contributed by atoms with Crippen LogP contribution in [0.25, 0.3) is 0 Å². The van der Waals surface area contributed by atoms with Crippen LogP contribution < -0.4 is 10.6 Å². The molecule has 2 aliphatic heterocycles. The lowest BCUT2D eigenvalue weighted by molar-refractivity contribution is 0.165. The van der Waals surface area contributed by atoms with E-state index in [0.717, 1.165) is 19.0 Å². The summed E-state index contributed by atoms with van der Waals surface area (Å²) in [6.07, 6.45) is 2.46. The molecule has 3 atom stereocenters. The van der Waals surface area contributed by atoms with Gasteiger partial charge in [-0.1, -0.05) is 31.2 Å². The predicted molar refractivity (Wildman–Crippen MR) is 83.7 cm³/mol. The van der Waals surface area contributed by atoms with Crippen LogP contribution in [0.1, 0.15) is 36.9 Å². The van der Waals surface area contributed by atoms with Gasteiger partial charge in [-0.15, -0.1) is 0 Å². The number of fused-ring (bicyclic) bond motifs is 1. The maximum Gasteiger partial charge on any atom is 0.0338 e. The fraction of sp³-hybridized carbons (Fsp3) is 0.647. The number of piperidine rings is 1. The number of hydrogen-bond acceptors (Lipinski definition) is 3. The lowest BCUT2D eigenvalue weighted by Crippen LogP contribution is -2.48. The third kappa shape index (κ3) is 3.05. The fourth-order valence-corrected chi connectivity index (χ4v) is 3.69. The van der Waals surface area contributed by atoms with Gasteiger partial charge >= 0.3 is 0 Å². The van der Waals surface area contributed by atoms with Crippen LogP contribution in [0.4, 0.5) is 0 Å². The Bertz CT molecular complexity index is 446. The number of nitrogens with one attached hydrogen (secondary N) is 2. The molecule has 1 aromatic carbocycles. The van der Waals surface area contributed by atoms with E-state index in [9.17, 15) is 0 Å². The van der Waals surface area contributed by atoms with Crippen molar-refractivity contribution >= 4 is 0 Å². The lowest BCUT2D eigenvalue weighted by atomic mass is 9.91. The first kappa shape index (κ1) is 14.1. The van der Waals surface area contributed by atoms with E-state index in [2.05, 4.69) is 53.8 Å². The molecule has 1 saturated heterocycles. The minimum Gasteiger partial charge on any atom is -0.313 e. The van der Waals surface area contributed by atoms with Gasteiger partial charge in [-0.2, -0.15) is 0 Å². The Morgan fingerprint density at radius 2 is 2.10 bits per heavy atom. The monoisotopic (exact) mass is 273 g/mol. The molecule has 3 unspecified atom stereocenters. The summed E-state index contributed by atoms with van der Waals surface area (Å²) in [5.41, 5.74) is 2.96. The van der Waals surface area contributed by atoms with Gasteiger partial charge in [0.15, 0.2) is 0 Å². The highest BCUT2D eigenvalue weighted by Crippen LogP contribution is 2.26. The van der Waals surface area contributed by atoms with Gasteiger partial charge in [-0.3, -0.25) is 0 Å². The van der Waals surface area contributed by atoms with E-state index in [4.69, 9.17) is 0 Å². The van der Waals surface area contributed by atoms with E-state index in [1.807, 2.05) is 0 Å². The summed E-state index contributed by atoms with van der Waals surface area (Å²) >= 11 is 0. The molecule has 1 fully saturated rings. The van der Waals surface area contributed by atoms with Gasteiger partial charge in [0.05, 0.1) is 0 Å². The Kier molecular flexibility index (Phi) is 4.39. The summed E-state index contributed by atoms with van der Waals surface area (Å²) in [6.45, 7) is 6.93. The van der Waals surface area contributed by atoms with Crippen molar-refractivity contribution in [1.29, 1.82) is 0 Å². The molecule has 0 spiro atoms. The van der Waals surface area contributed by atoms with Crippen LogP contribution in [0, 0.1) is 5.92 Å². The number of rotatable bonds is 2. The normalized spacial score (nSPS) is 31.6. The lowest BCUT2D eigenvalue weighted by Gasteiger charge is -2.37. The first-order chi connectivity index (χ1) is 9.74. The highest BCUT2D eigenvalue weighted by molar-refractivity contribution is 5.31. The molecule has 0 bridgehead atoms. The van der Waals surface area contributed by atoms with Crippen LogP contribution in [0.2, 0.25) is 0 Å². The third-order valence-corrected chi connectivity index (χ3v) is 4.88. The minimum absolute atomic E-state index is 0.511. The zero-order valence-corrected chi connectivity index (χ0v) is 12.7. The smallest absolute Gasteiger partial charge is 0.0338 e. The fourth-order valence-electron chi connectivity index (χ4n) is 3.69. The van der Waals surface area contributed by atoms with Crippen LogP contribution in [0.15, 0.2) is 24.3 Å². The van der Waals surface area contributed by atoms with Gasteiger partial charge in [0.25, 0.3) is 0 Å². The Morgan fingerprint density at radius 3 is 2.95 bits per heavy atom. The molecule has 0 aromatic heterocycles. The van der Waals surface area contributed by atoms with E-state index >= 15 is 0 Å². The average Bonchev–Trinajstić information content (AvgIpc) is 2.65. The minimum atomic E-state index is 0.511. The molecule has 3 rings (SSSR count). The van der Waals surface area contributed by atoms with Crippen molar-refractivity contribution in [2.75, 3.05) is 26.7 Å². The van der Waals surface area contributed by atoms with E-state index in [0.29, 0.717) is 12.1 Å². The highest BCUT2D eigenvalue weighted by atomic mass is 15.1. The molecule has 20 heavy (non-hydrogen) atoms. The van der Waals surface area contributed by atoms with E-state index in [1.54, 1.807) is 0 Å². The molecule has 110 valence electrons. The van der Waals surface area contributed by atoms with Crippen molar-refractivity contribution in [1.82, 2.24) is 15.5 Å². The standard InChI is InChI=1S/C17H27N3/c1-13-12-20(2)10-8-16(13)19-17-7-9-18-11-14-5-3-4-6-15(14)17/h3-6,13,16-19H,7-12H2,1-2H3. The Labute approximate surface area is 122 Å². The molecule has 0 saturated carbocycles. The average molecular weight is 273 g/mol. The zero-order chi connectivity index (χ0) is 13.9. The van der Waals surface area contributed by atoms with E-state index in [-0.39, 0.29) is 0 Å². The van der Waals surface area contributed by atoms with E-state index < -0.39 is 0 Å². The topological polar surface area (TPSA) is 27.3 Å². The predicted octanol–water partition coefficient (Wildman–Crippen LogP) is 2.15. The Hall–Kier alpha value is -0.900. The molecule has 2 N–H and O–H groups in total. The summed E-state index contributed by atoms with van der Waals surface area (Å²) < 4.78 is 0. The summed E-state index contributed by atoms with van der Waals surface area (Å²) in [5, 5.41) is 7.50. The summed E-state index contributed by atoms with van der Waals surface area (Å²) in [4.78, 5) is 2.45. The summed E-state index contributed by atoms with van der Waals surface area (Å²) in [7, 11) is 2.23. The van der Waals surface area contributed by atoms with Crippen molar-refractivity contribution in [3.05, 3.63) is 35.4 Å².